The molecule has 0 saturated carbocycles. The fourth-order valence-corrected chi connectivity index (χ4v) is 2.27. The maximum absolute atomic E-state index is 10.1. The summed E-state index contributed by atoms with van der Waals surface area (Å²) in [6.07, 6.45) is -0.783. The van der Waals surface area contributed by atoms with Crippen LogP contribution in [0.3, 0.4) is 0 Å². The van der Waals surface area contributed by atoms with Crippen LogP contribution in [0.4, 0.5) is 0 Å². The number of aliphatic hydroxyl groups excluding tert-OH is 1. The van der Waals surface area contributed by atoms with Crippen molar-refractivity contribution in [3.63, 3.8) is 0 Å². The van der Waals surface area contributed by atoms with E-state index in [4.69, 9.17) is 18.9 Å². The summed E-state index contributed by atoms with van der Waals surface area (Å²) in [6.45, 7) is 9.43. The molecule has 2 aliphatic rings. The number of aliphatic hydroxyl groups is 1. The van der Waals surface area contributed by atoms with Crippen molar-refractivity contribution in [1.82, 2.24) is 0 Å². The number of hydrogen-bond acceptors (Lipinski definition) is 5. The van der Waals surface area contributed by atoms with E-state index < -0.39 is 24.3 Å². The van der Waals surface area contributed by atoms with Crippen LogP contribution in [0.25, 0.3) is 0 Å². The van der Waals surface area contributed by atoms with E-state index in [0.29, 0.717) is 6.61 Å². The summed E-state index contributed by atoms with van der Waals surface area (Å²) < 4.78 is 22.3. The zero-order valence-corrected chi connectivity index (χ0v) is 10.5. The summed E-state index contributed by atoms with van der Waals surface area (Å²) in [6, 6.07) is 0. The molecule has 0 aromatic carbocycles. The highest BCUT2D eigenvalue weighted by Crippen LogP contribution is 2.37. The normalized spacial score (nSPS) is 44.4. The van der Waals surface area contributed by atoms with Gasteiger partial charge in [0.1, 0.15) is 18.3 Å². The van der Waals surface area contributed by atoms with Gasteiger partial charge >= 0.3 is 0 Å². The Balaban J connectivity index is 2.07. The monoisotopic (exact) mass is 244 g/mol. The van der Waals surface area contributed by atoms with Crippen LogP contribution < -0.4 is 0 Å². The maximum Gasteiger partial charge on any atom is 0.186 e. The van der Waals surface area contributed by atoms with Crippen LogP contribution in [0.2, 0.25) is 0 Å². The lowest BCUT2D eigenvalue weighted by Crippen LogP contribution is -2.56. The number of rotatable bonds is 3. The molecule has 0 unspecified atom stereocenters. The molecule has 0 aliphatic carbocycles. The summed E-state index contributed by atoms with van der Waals surface area (Å²) >= 11 is 0. The Morgan fingerprint density at radius 1 is 1.35 bits per heavy atom. The van der Waals surface area contributed by atoms with Crippen LogP contribution in [-0.4, -0.2) is 48.2 Å². The molecule has 0 bridgehead atoms. The molecule has 0 aromatic heterocycles. The van der Waals surface area contributed by atoms with E-state index in [1.54, 1.807) is 6.08 Å². The lowest BCUT2D eigenvalue weighted by molar-refractivity contribution is -0.270. The number of hydrogen-bond donors (Lipinski definition) is 1. The van der Waals surface area contributed by atoms with Gasteiger partial charge in [-0.3, -0.25) is 0 Å². The molecule has 2 heterocycles. The predicted octanol–water partition coefficient (Wildman–Crippen LogP) is 0.815. The first-order valence-corrected chi connectivity index (χ1v) is 5.86. The Kier molecular flexibility index (Phi) is 3.56. The second kappa shape index (κ2) is 4.66. The second-order valence-electron chi connectivity index (χ2n) is 4.89. The van der Waals surface area contributed by atoms with Crippen molar-refractivity contribution in [3.8, 4) is 0 Å². The molecule has 2 fully saturated rings. The van der Waals surface area contributed by atoms with Crippen molar-refractivity contribution in [1.29, 1.82) is 0 Å². The average molecular weight is 244 g/mol. The van der Waals surface area contributed by atoms with E-state index in [1.807, 2.05) is 20.8 Å². The molecule has 2 saturated heterocycles. The number of fused-ring (bicyclic) bond motifs is 1. The maximum atomic E-state index is 10.1. The highest BCUT2D eigenvalue weighted by molar-refractivity contribution is 4.95. The average Bonchev–Trinajstić information content (AvgIpc) is 2.58. The summed E-state index contributed by atoms with van der Waals surface area (Å²) in [5.41, 5.74) is 0. The molecule has 0 spiro atoms. The molecule has 0 radical (unpaired) electrons. The lowest BCUT2D eigenvalue weighted by atomic mass is 10.0. The summed E-state index contributed by atoms with van der Waals surface area (Å²) in [5.74, 6) is -0.693. The van der Waals surface area contributed by atoms with Gasteiger partial charge in [-0.1, -0.05) is 6.08 Å². The molecule has 2 rings (SSSR count). The third-order valence-corrected chi connectivity index (χ3v) is 2.97. The fourth-order valence-electron chi connectivity index (χ4n) is 2.27. The van der Waals surface area contributed by atoms with E-state index in [0.717, 1.165) is 0 Å². The SMILES string of the molecule is C=CCO[C@H]1O[C@@H](C)[C@H]2OC(C)(C)O[C@H]2[C@@H]1O. The largest absolute Gasteiger partial charge is 0.385 e. The van der Waals surface area contributed by atoms with Crippen molar-refractivity contribution >= 4 is 0 Å². The molecule has 5 atom stereocenters. The van der Waals surface area contributed by atoms with Gasteiger partial charge in [0.25, 0.3) is 0 Å². The van der Waals surface area contributed by atoms with Crippen LogP contribution in [-0.2, 0) is 18.9 Å². The Bertz CT molecular complexity index is 291. The van der Waals surface area contributed by atoms with Crippen molar-refractivity contribution in [2.24, 2.45) is 0 Å². The third-order valence-electron chi connectivity index (χ3n) is 2.97. The van der Waals surface area contributed by atoms with Crippen molar-refractivity contribution < 1.29 is 24.1 Å². The minimum atomic E-state index is -0.849. The Labute approximate surface area is 101 Å². The first kappa shape index (κ1) is 13.0. The van der Waals surface area contributed by atoms with Crippen LogP contribution in [0.1, 0.15) is 20.8 Å². The fraction of sp³-hybridized carbons (Fsp3) is 0.833. The first-order chi connectivity index (χ1) is 7.94. The van der Waals surface area contributed by atoms with Crippen LogP contribution >= 0.6 is 0 Å². The zero-order valence-electron chi connectivity index (χ0n) is 10.5. The Morgan fingerprint density at radius 3 is 2.65 bits per heavy atom. The van der Waals surface area contributed by atoms with Gasteiger partial charge in [0.15, 0.2) is 12.1 Å². The van der Waals surface area contributed by atoms with Gasteiger partial charge in [-0.15, -0.1) is 6.58 Å². The molecule has 5 heteroatoms. The third kappa shape index (κ3) is 2.53. The van der Waals surface area contributed by atoms with E-state index in [1.165, 1.54) is 0 Å². The quantitative estimate of drug-likeness (QED) is 0.745. The van der Waals surface area contributed by atoms with Gasteiger partial charge < -0.3 is 24.1 Å². The summed E-state index contributed by atoms with van der Waals surface area (Å²) in [4.78, 5) is 0. The molecule has 2 aliphatic heterocycles. The van der Waals surface area contributed by atoms with Gasteiger partial charge in [0.05, 0.1) is 12.7 Å². The molecular weight excluding hydrogens is 224 g/mol. The summed E-state index contributed by atoms with van der Waals surface area (Å²) in [7, 11) is 0. The van der Waals surface area contributed by atoms with Gasteiger partial charge in [-0.05, 0) is 20.8 Å². The second-order valence-corrected chi connectivity index (χ2v) is 4.89. The van der Waals surface area contributed by atoms with Crippen LogP contribution in [0.15, 0.2) is 12.7 Å². The smallest absolute Gasteiger partial charge is 0.186 e. The van der Waals surface area contributed by atoms with Crippen molar-refractivity contribution in [2.45, 2.75) is 57.3 Å². The highest BCUT2D eigenvalue weighted by Gasteiger charge is 2.53. The van der Waals surface area contributed by atoms with Crippen molar-refractivity contribution in [3.05, 3.63) is 12.7 Å². The van der Waals surface area contributed by atoms with E-state index in [2.05, 4.69) is 6.58 Å². The van der Waals surface area contributed by atoms with Crippen LogP contribution in [0.5, 0.6) is 0 Å². The van der Waals surface area contributed by atoms with Gasteiger partial charge in [0, 0.05) is 0 Å². The molecule has 5 nitrogen and oxygen atoms in total. The lowest BCUT2D eigenvalue weighted by Gasteiger charge is -2.38. The van der Waals surface area contributed by atoms with Gasteiger partial charge in [-0.2, -0.15) is 0 Å². The van der Waals surface area contributed by atoms with Gasteiger partial charge in [0.2, 0.25) is 0 Å². The standard InChI is InChI=1S/C12H20O5/c1-5-6-14-11-8(13)10-9(7(2)15-11)16-12(3,4)17-10/h5,7-11,13H,1,6H2,2-4H3/t7-,8-,9+,10-,11-/m0/s1. The molecule has 0 aromatic rings. The topological polar surface area (TPSA) is 57.2 Å². The molecular formula is C12H20O5. The Hall–Kier alpha value is -0.460. The van der Waals surface area contributed by atoms with Crippen molar-refractivity contribution in [2.75, 3.05) is 6.61 Å². The zero-order chi connectivity index (χ0) is 12.6. The number of ether oxygens (including phenoxy) is 4. The Morgan fingerprint density at radius 2 is 2.00 bits per heavy atom. The molecule has 0 amide bonds. The molecule has 17 heavy (non-hydrogen) atoms. The van der Waals surface area contributed by atoms with E-state index in [-0.39, 0.29) is 12.2 Å². The predicted molar refractivity (Wildman–Crippen MR) is 60.3 cm³/mol. The molecule has 1 N–H and O–H groups in total. The first-order valence-electron chi connectivity index (χ1n) is 5.86. The van der Waals surface area contributed by atoms with Gasteiger partial charge in [-0.25, -0.2) is 0 Å². The minimum absolute atomic E-state index is 0.181. The summed E-state index contributed by atoms with van der Waals surface area (Å²) in [5, 5.41) is 10.1. The van der Waals surface area contributed by atoms with Crippen LogP contribution in [0, 0.1) is 0 Å². The van der Waals surface area contributed by atoms with E-state index >= 15 is 0 Å². The molecule has 98 valence electrons. The highest BCUT2D eigenvalue weighted by atomic mass is 16.8. The van der Waals surface area contributed by atoms with E-state index in [9.17, 15) is 5.11 Å². The minimum Gasteiger partial charge on any atom is -0.385 e.